The first kappa shape index (κ1) is 32.3. The molecule has 0 saturated heterocycles. The van der Waals surface area contributed by atoms with Gasteiger partial charge in [0.15, 0.2) is 5.96 Å². The maximum Gasteiger partial charge on any atom is 0.326 e. The number of H-pyrrole nitrogens is 2. The highest BCUT2D eigenvalue weighted by atomic mass is 16.4. The summed E-state index contributed by atoms with van der Waals surface area (Å²) in [6, 6.07) is 4.61. The van der Waals surface area contributed by atoms with E-state index in [9.17, 15) is 24.3 Å². The molecule has 0 aliphatic heterocycles. The minimum atomic E-state index is -1.31. The Bertz CT molecular complexity index is 1340. The minimum Gasteiger partial charge on any atom is -0.480 e. The Morgan fingerprint density at radius 2 is 1.37 bits per heavy atom. The number of carboxylic acids is 1. The fourth-order valence-electron chi connectivity index (χ4n) is 4.20. The maximum atomic E-state index is 13.5. The molecule has 1 aromatic carbocycles. The minimum absolute atomic E-state index is 0.0316. The van der Waals surface area contributed by atoms with Crippen molar-refractivity contribution in [3.05, 3.63) is 72.3 Å². The van der Waals surface area contributed by atoms with Crippen LogP contribution in [0.4, 0.5) is 0 Å². The van der Waals surface area contributed by atoms with Gasteiger partial charge < -0.3 is 48.2 Å². The van der Waals surface area contributed by atoms with E-state index in [1.54, 1.807) is 0 Å². The molecule has 0 aliphatic carbocycles. The van der Waals surface area contributed by atoms with E-state index in [2.05, 4.69) is 40.9 Å². The molecule has 43 heavy (non-hydrogen) atoms. The van der Waals surface area contributed by atoms with Crippen molar-refractivity contribution in [1.29, 1.82) is 0 Å². The van der Waals surface area contributed by atoms with Gasteiger partial charge in [-0.15, -0.1) is 0 Å². The molecule has 0 radical (unpaired) electrons. The standard InChI is InChI=1S/C27H37N11O5/c28-19(9-16-5-2-1-3-6-16)23(39)36-20(7-4-8-33-27(29)30)24(40)37-21(10-17-12-31-14-34-17)25(41)38-22(26(42)43)11-18-13-32-15-35-18/h1-3,5-6,12-15,19-22H,4,7-11,28H2,(H,31,34)(H,32,35)(H,36,39)(H,37,40)(H,38,41)(H,42,43)(H4,29,30,33). The highest BCUT2D eigenvalue weighted by Gasteiger charge is 2.31. The Hall–Kier alpha value is -5.25. The Morgan fingerprint density at radius 1 is 0.814 bits per heavy atom. The third-order valence-electron chi connectivity index (χ3n) is 6.42. The summed E-state index contributed by atoms with van der Waals surface area (Å²) in [5, 5.41) is 17.5. The first-order chi connectivity index (χ1) is 20.6. The van der Waals surface area contributed by atoms with Crippen LogP contribution in [0.5, 0.6) is 0 Å². The summed E-state index contributed by atoms with van der Waals surface area (Å²) in [5.74, 6) is -3.38. The number of amides is 3. The Morgan fingerprint density at radius 3 is 1.93 bits per heavy atom. The molecule has 2 heterocycles. The zero-order valence-corrected chi connectivity index (χ0v) is 23.4. The van der Waals surface area contributed by atoms with E-state index in [1.807, 2.05) is 30.3 Å². The van der Waals surface area contributed by atoms with E-state index in [1.165, 1.54) is 25.0 Å². The second-order valence-electron chi connectivity index (χ2n) is 9.83. The quantitative estimate of drug-likeness (QED) is 0.0474. The van der Waals surface area contributed by atoms with E-state index in [4.69, 9.17) is 17.2 Å². The van der Waals surface area contributed by atoms with Crippen LogP contribution in [0.1, 0.15) is 29.8 Å². The molecule has 3 aromatic rings. The third kappa shape index (κ3) is 10.9. The molecule has 12 N–H and O–H groups in total. The topological polar surface area (TPSA) is 272 Å². The number of aliphatic carboxylic acids is 1. The maximum absolute atomic E-state index is 13.5. The lowest BCUT2D eigenvalue weighted by atomic mass is 10.0. The number of nitrogens with two attached hydrogens (primary N) is 3. The van der Waals surface area contributed by atoms with E-state index >= 15 is 0 Å². The number of aromatic amines is 2. The van der Waals surface area contributed by atoms with Crippen LogP contribution >= 0.6 is 0 Å². The fourth-order valence-corrected chi connectivity index (χ4v) is 4.20. The molecule has 230 valence electrons. The normalized spacial score (nSPS) is 13.6. The van der Waals surface area contributed by atoms with Crippen LogP contribution in [0.15, 0.2) is 60.4 Å². The van der Waals surface area contributed by atoms with Gasteiger partial charge in [-0.3, -0.25) is 19.4 Å². The summed E-state index contributed by atoms with van der Waals surface area (Å²) < 4.78 is 0. The van der Waals surface area contributed by atoms with Crippen molar-refractivity contribution >= 4 is 29.7 Å². The third-order valence-corrected chi connectivity index (χ3v) is 6.42. The number of rotatable bonds is 17. The number of hydrogen-bond acceptors (Lipinski definition) is 8. The number of imidazole rings is 2. The van der Waals surface area contributed by atoms with Gasteiger partial charge in [0.2, 0.25) is 17.7 Å². The van der Waals surface area contributed by atoms with Crippen molar-refractivity contribution < 1.29 is 24.3 Å². The van der Waals surface area contributed by atoms with Crippen molar-refractivity contribution in [2.45, 2.75) is 56.3 Å². The molecule has 4 atom stereocenters. The molecule has 0 bridgehead atoms. The number of guanidine groups is 1. The van der Waals surface area contributed by atoms with Crippen LogP contribution in [0.2, 0.25) is 0 Å². The first-order valence-electron chi connectivity index (χ1n) is 13.6. The molecule has 3 rings (SSSR count). The highest BCUT2D eigenvalue weighted by molar-refractivity contribution is 5.94. The molecule has 0 aliphatic rings. The van der Waals surface area contributed by atoms with Gasteiger partial charge in [-0.2, -0.15) is 0 Å². The SMILES string of the molecule is NC(N)=NCCCC(NC(=O)C(N)Cc1ccccc1)C(=O)NC(Cc1cnc[nH]1)C(=O)NC(Cc1cnc[nH]1)C(=O)O. The van der Waals surface area contributed by atoms with Gasteiger partial charge in [0, 0.05) is 43.2 Å². The summed E-state index contributed by atoms with van der Waals surface area (Å²) >= 11 is 0. The molecular weight excluding hydrogens is 558 g/mol. The van der Waals surface area contributed by atoms with Crippen molar-refractivity contribution in [3.63, 3.8) is 0 Å². The largest absolute Gasteiger partial charge is 0.480 e. The second-order valence-corrected chi connectivity index (χ2v) is 9.83. The number of hydrogen-bond donors (Lipinski definition) is 9. The summed E-state index contributed by atoms with van der Waals surface area (Å²) in [4.78, 5) is 69.1. The number of nitrogens with one attached hydrogen (secondary N) is 5. The van der Waals surface area contributed by atoms with Gasteiger partial charge in [-0.25, -0.2) is 14.8 Å². The lowest BCUT2D eigenvalue weighted by Gasteiger charge is -2.25. The summed E-state index contributed by atoms with van der Waals surface area (Å²) in [6.07, 6.45) is 6.33. The molecular formula is C27H37N11O5. The Balaban J connectivity index is 1.75. The molecule has 4 unspecified atom stereocenters. The monoisotopic (exact) mass is 595 g/mol. The second kappa shape index (κ2) is 16.3. The number of benzene rings is 1. The van der Waals surface area contributed by atoms with Gasteiger partial charge >= 0.3 is 5.97 Å². The van der Waals surface area contributed by atoms with Crippen LogP contribution < -0.4 is 33.2 Å². The van der Waals surface area contributed by atoms with Crippen molar-refractivity contribution in [1.82, 2.24) is 35.9 Å². The van der Waals surface area contributed by atoms with Crippen LogP contribution in [-0.4, -0.2) is 85.4 Å². The molecule has 3 amide bonds. The Kier molecular flexibility index (Phi) is 12.2. The number of carbonyl (C=O) groups excluding carboxylic acids is 3. The fraction of sp³-hybridized carbons (Fsp3) is 0.370. The van der Waals surface area contributed by atoms with E-state index in [-0.39, 0.29) is 38.2 Å². The number of aromatic nitrogens is 4. The zero-order chi connectivity index (χ0) is 31.2. The molecule has 0 fully saturated rings. The zero-order valence-electron chi connectivity index (χ0n) is 23.4. The molecule has 2 aromatic heterocycles. The summed E-state index contributed by atoms with van der Waals surface area (Å²) in [5.41, 5.74) is 18.8. The Labute approximate surface area is 247 Å². The van der Waals surface area contributed by atoms with Crippen molar-refractivity contribution in [2.75, 3.05) is 6.54 Å². The van der Waals surface area contributed by atoms with E-state index < -0.39 is 47.9 Å². The van der Waals surface area contributed by atoms with Crippen molar-refractivity contribution in [2.24, 2.45) is 22.2 Å². The van der Waals surface area contributed by atoms with Gasteiger partial charge in [-0.05, 0) is 24.8 Å². The molecule has 16 heteroatoms. The highest BCUT2D eigenvalue weighted by Crippen LogP contribution is 2.07. The van der Waals surface area contributed by atoms with Gasteiger partial charge in [0.1, 0.15) is 18.1 Å². The predicted octanol–water partition coefficient (Wildman–Crippen LogP) is -1.92. The summed E-state index contributed by atoms with van der Waals surface area (Å²) in [7, 11) is 0. The number of aliphatic imine (C=N–C) groups is 1. The lowest BCUT2D eigenvalue weighted by molar-refractivity contribution is -0.142. The molecule has 0 spiro atoms. The van der Waals surface area contributed by atoms with E-state index in [0.717, 1.165) is 5.56 Å². The number of carbonyl (C=O) groups is 4. The van der Waals surface area contributed by atoms with E-state index in [0.29, 0.717) is 17.8 Å². The van der Waals surface area contributed by atoms with Gasteiger partial charge in [-0.1, -0.05) is 30.3 Å². The average Bonchev–Trinajstić information content (AvgIpc) is 3.68. The first-order valence-corrected chi connectivity index (χ1v) is 13.6. The number of nitrogens with zero attached hydrogens (tertiary/aromatic N) is 3. The van der Waals surface area contributed by atoms with Crippen LogP contribution in [0, 0.1) is 0 Å². The lowest BCUT2D eigenvalue weighted by Crippen LogP contribution is -2.58. The molecule has 16 nitrogen and oxygen atoms in total. The van der Waals surface area contributed by atoms with Crippen LogP contribution in [0.25, 0.3) is 0 Å². The smallest absolute Gasteiger partial charge is 0.326 e. The van der Waals surface area contributed by atoms with Crippen LogP contribution in [0.3, 0.4) is 0 Å². The summed E-state index contributed by atoms with van der Waals surface area (Å²) in [6.45, 7) is 0.198. The number of carboxylic acid groups (broad SMARTS) is 1. The van der Waals surface area contributed by atoms with Crippen LogP contribution in [-0.2, 0) is 38.4 Å². The van der Waals surface area contributed by atoms with Gasteiger partial charge in [0.25, 0.3) is 0 Å². The molecule has 0 saturated carbocycles. The predicted molar refractivity (Wildman–Crippen MR) is 156 cm³/mol. The average molecular weight is 596 g/mol. The van der Waals surface area contributed by atoms with Gasteiger partial charge in [0.05, 0.1) is 18.7 Å². The van der Waals surface area contributed by atoms with Crippen molar-refractivity contribution in [3.8, 4) is 0 Å².